The summed E-state index contributed by atoms with van der Waals surface area (Å²) in [6, 6.07) is 13.3. The predicted molar refractivity (Wildman–Crippen MR) is 115 cm³/mol. The smallest absolute Gasteiger partial charge is 0.317 e. The zero-order valence-corrected chi connectivity index (χ0v) is 17.5. The van der Waals surface area contributed by atoms with Crippen LogP contribution in [0.25, 0.3) is 0 Å². The lowest BCUT2D eigenvalue weighted by Crippen LogP contribution is -2.45. The first-order chi connectivity index (χ1) is 13.7. The van der Waals surface area contributed by atoms with Crippen molar-refractivity contribution < 1.29 is 4.79 Å². The maximum atomic E-state index is 13.0. The normalized spacial score (nSPS) is 14.8. The van der Waals surface area contributed by atoms with E-state index in [9.17, 15) is 4.79 Å². The second-order valence-corrected chi connectivity index (χ2v) is 8.18. The summed E-state index contributed by atoms with van der Waals surface area (Å²) in [6.07, 6.45) is 10.3. The number of aryl methyl sites for hydroxylation is 1. The Kier molecular flexibility index (Phi) is 7.58. The van der Waals surface area contributed by atoms with Gasteiger partial charge in [-0.3, -0.25) is 0 Å². The summed E-state index contributed by atoms with van der Waals surface area (Å²) in [4.78, 5) is 15.0. The fourth-order valence-electron chi connectivity index (χ4n) is 4.06. The van der Waals surface area contributed by atoms with Crippen molar-refractivity contribution in [3.05, 3.63) is 59.4 Å². The molecule has 0 saturated heterocycles. The monoisotopic (exact) mass is 381 g/mol. The second kappa shape index (κ2) is 10.4. The zero-order chi connectivity index (χ0) is 19.8. The molecule has 4 nitrogen and oxygen atoms in total. The Labute approximate surface area is 169 Å². The molecule has 1 aromatic carbocycles. The molecule has 2 aromatic rings. The molecule has 0 aliphatic heterocycles. The van der Waals surface area contributed by atoms with Crippen LogP contribution in [-0.2, 0) is 13.1 Å². The zero-order valence-electron chi connectivity index (χ0n) is 17.5. The molecule has 1 heterocycles. The van der Waals surface area contributed by atoms with E-state index in [0.29, 0.717) is 12.6 Å². The summed E-state index contributed by atoms with van der Waals surface area (Å²) in [7, 11) is 0. The molecule has 0 bridgehead atoms. The van der Waals surface area contributed by atoms with Crippen LogP contribution >= 0.6 is 0 Å². The van der Waals surface area contributed by atoms with E-state index >= 15 is 0 Å². The van der Waals surface area contributed by atoms with Crippen LogP contribution in [0.5, 0.6) is 0 Å². The number of nitrogens with zero attached hydrogens (tertiary/aromatic N) is 2. The number of nitrogens with one attached hydrogen (secondary N) is 1. The van der Waals surface area contributed by atoms with Crippen LogP contribution < -0.4 is 5.32 Å². The molecule has 0 radical (unpaired) electrons. The number of hydrogen-bond donors (Lipinski definition) is 1. The standard InChI is InChI=1S/C24H35N3O/c1-3-4-15-27(24(28)25-22-12-6-5-7-13-22)19-23-14-9-16-26(23)18-21-11-8-10-20(2)17-21/h8-11,14,16-17,22H,3-7,12-13,15,18-19H2,1-2H3,(H,25,28). The van der Waals surface area contributed by atoms with Gasteiger partial charge in [-0.2, -0.15) is 0 Å². The van der Waals surface area contributed by atoms with Crippen molar-refractivity contribution in [2.24, 2.45) is 0 Å². The van der Waals surface area contributed by atoms with Gasteiger partial charge in [-0.15, -0.1) is 0 Å². The molecule has 3 rings (SSSR count). The van der Waals surface area contributed by atoms with Crippen LogP contribution in [0.15, 0.2) is 42.6 Å². The van der Waals surface area contributed by atoms with Gasteiger partial charge in [-0.1, -0.05) is 62.4 Å². The average molecular weight is 382 g/mol. The van der Waals surface area contributed by atoms with Gasteiger partial charge in [-0.25, -0.2) is 4.79 Å². The van der Waals surface area contributed by atoms with Crippen molar-refractivity contribution in [3.63, 3.8) is 0 Å². The maximum Gasteiger partial charge on any atom is 0.317 e. The van der Waals surface area contributed by atoms with Crippen molar-refractivity contribution >= 4 is 6.03 Å². The summed E-state index contributed by atoms with van der Waals surface area (Å²) >= 11 is 0. The molecule has 1 N–H and O–H groups in total. The van der Waals surface area contributed by atoms with Gasteiger partial charge in [0.05, 0.1) is 6.54 Å². The minimum atomic E-state index is 0.101. The average Bonchev–Trinajstić information content (AvgIpc) is 3.12. The molecule has 4 heteroatoms. The largest absolute Gasteiger partial charge is 0.345 e. The van der Waals surface area contributed by atoms with E-state index in [1.807, 2.05) is 4.90 Å². The third kappa shape index (κ3) is 5.88. The molecule has 1 fully saturated rings. The number of hydrogen-bond acceptors (Lipinski definition) is 1. The molecule has 0 unspecified atom stereocenters. The van der Waals surface area contributed by atoms with Gasteiger partial charge in [0.1, 0.15) is 0 Å². The van der Waals surface area contributed by atoms with Crippen molar-refractivity contribution in [2.75, 3.05) is 6.54 Å². The number of urea groups is 1. The highest BCUT2D eigenvalue weighted by Crippen LogP contribution is 2.18. The van der Waals surface area contributed by atoms with E-state index in [-0.39, 0.29) is 6.03 Å². The van der Waals surface area contributed by atoms with E-state index in [1.165, 1.54) is 36.1 Å². The molecule has 28 heavy (non-hydrogen) atoms. The minimum absolute atomic E-state index is 0.101. The van der Waals surface area contributed by atoms with Gasteiger partial charge in [0.15, 0.2) is 0 Å². The highest BCUT2D eigenvalue weighted by atomic mass is 16.2. The molecule has 1 aliphatic carbocycles. The first-order valence-corrected chi connectivity index (χ1v) is 10.9. The van der Waals surface area contributed by atoms with Gasteiger partial charge in [0.25, 0.3) is 0 Å². The summed E-state index contributed by atoms with van der Waals surface area (Å²) in [5, 5.41) is 3.29. The summed E-state index contributed by atoms with van der Waals surface area (Å²) in [5.41, 5.74) is 3.77. The van der Waals surface area contributed by atoms with Crippen LogP contribution in [-0.4, -0.2) is 28.1 Å². The van der Waals surface area contributed by atoms with E-state index < -0.39 is 0 Å². The molecule has 1 saturated carbocycles. The van der Waals surface area contributed by atoms with E-state index in [1.54, 1.807) is 0 Å². The topological polar surface area (TPSA) is 37.3 Å². The number of rotatable bonds is 8. The fourth-order valence-corrected chi connectivity index (χ4v) is 4.06. The molecule has 1 aliphatic rings. The van der Waals surface area contributed by atoms with Crippen molar-refractivity contribution in [1.82, 2.24) is 14.8 Å². The van der Waals surface area contributed by atoms with E-state index in [2.05, 4.69) is 66.3 Å². The highest BCUT2D eigenvalue weighted by Gasteiger charge is 2.20. The quantitative estimate of drug-likeness (QED) is 0.645. The Hall–Kier alpha value is -2.23. The summed E-state index contributed by atoms with van der Waals surface area (Å²) < 4.78 is 2.27. The lowest BCUT2D eigenvalue weighted by Gasteiger charge is -2.29. The molecule has 1 aromatic heterocycles. The lowest BCUT2D eigenvalue weighted by molar-refractivity contribution is 0.185. The van der Waals surface area contributed by atoms with Crippen LogP contribution in [0.4, 0.5) is 4.79 Å². The number of aromatic nitrogens is 1. The van der Waals surface area contributed by atoms with Crippen LogP contribution in [0.3, 0.4) is 0 Å². The van der Waals surface area contributed by atoms with Crippen molar-refractivity contribution in [1.29, 1.82) is 0 Å². The number of carbonyl (C=O) groups excluding carboxylic acids is 1. The van der Waals surface area contributed by atoms with Crippen molar-refractivity contribution in [2.45, 2.75) is 77.9 Å². The SMILES string of the molecule is CCCCN(Cc1cccn1Cc1cccc(C)c1)C(=O)NC1CCCCC1. The van der Waals surface area contributed by atoms with Gasteiger partial charge in [0, 0.05) is 31.0 Å². The Morgan fingerprint density at radius 1 is 1.18 bits per heavy atom. The van der Waals surface area contributed by atoms with Crippen LogP contribution in [0.2, 0.25) is 0 Å². The third-order valence-corrected chi connectivity index (χ3v) is 5.71. The molecular weight excluding hydrogens is 346 g/mol. The number of amides is 2. The molecular formula is C24H35N3O. The Balaban J connectivity index is 1.66. The van der Waals surface area contributed by atoms with Gasteiger partial charge in [0.2, 0.25) is 0 Å². The van der Waals surface area contributed by atoms with E-state index in [0.717, 1.165) is 38.8 Å². The van der Waals surface area contributed by atoms with Crippen molar-refractivity contribution in [3.8, 4) is 0 Å². The van der Waals surface area contributed by atoms with Crippen LogP contribution in [0.1, 0.15) is 68.7 Å². The Morgan fingerprint density at radius 2 is 2.00 bits per heavy atom. The summed E-state index contributed by atoms with van der Waals surface area (Å²) in [5.74, 6) is 0. The lowest BCUT2D eigenvalue weighted by atomic mass is 9.96. The predicted octanol–water partition coefficient (Wildman–Crippen LogP) is 5.49. The van der Waals surface area contributed by atoms with Crippen LogP contribution in [0, 0.1) is 6.92 Å². The molecule has 2 amide bonds. The Bertz CT molecular complexity index is 746. The first kappa shape index (κ1) is 20.5. The first-order valence-electron chi connectivity index (χ1n) is 10.9. The minimum Gasteiger partial charge on any atom is -0.345 e. The number of benzene rings is 1. The molecule has 152 valence electrons. The third-order valence-electron chi connectivity index (χ3n) is 5.71. The van der Waals surface area contributed by atoms with E-state index in [4.69, 9.17) is 0 Å². The highest BCUT2D eigenvalue weighted by molar-refractivity contribution is 5.74. The molecule has 0 atom stereocenters. The fraction of sp³-hybridized carbons (Fsp3) is 0.542. The second-order valence-electron chi connectivity index (χ2n) is 8.18. The van der Waals surface area contributed by atoms with Gasteiger partial charge < -0.3 is 14.8 Å². The number of unbranched alkanes of at least 4 members (excludes halogenated alkanes) is 1. The molecule has 0 spiro atoms. The maximum absolute atomic E-state index is 13.0. The van der Waals surface area contributed by atoms with Gasteiger partial charge >= 0.3 is 6.03 Å². The van der Waals surface area contributed by atoms with Gasteiger partial charge in [-0.05, 0) is 43.9 Å². The summed E-state index contributed by atoms with van der Waals surface area (Å²) in [6.45, 7) is 6.62. The Morgan fingerprint density at radius 3 is 2.75 bits per heavy atom. The number of carbonyl (C=O) groups is 1.